The SMILES string of the molecule is COc1cc2c(cc1OC)[C@@H](C(=O)Nc1ccc(F)cc1F)[C@@H]1CCCCN1C2=O. The summed E-state index contributed by atoms with van der Waals surface area (Å²) in [6.45, 7) is 0.548. The number of carbonyl (C=O) groups excluding carboxylic acids is 2. The van der Waals surface area contributed by atoms with Crippen LogP contribution in [0.4, 0.5) is 14.5 Å². The van der Waals surface area contributed by atoms with Crippen molar-refractivity contribution in [1.82, 2.24) is 4.90 Å². The fourth-order valence-corrected chi connectivity index (χ4v) is 4.37. The molecule has 1 N–H and O–H groups in total. The number of anilines is 1. The first kappa shape index (κ1) is 20.1. The van der Waals surface area contributed by atoms with Crippen LogP contribution in [-0.4, -0.2) is 43.5 Å². The Balaban J connectivity index is 1.79. The topological polar surface area (TPSA) is 67.9 Å². The summed E-state index contributed by atoms with van der Waals surface area (Å²) in [5.41, 5.74) is 0.772. The molecular formula is C22H22F2N2O4. The summed E-state index contributed by atoms with van der Waals surface area (Å²) in [6, 6.07) is 5.86. The Kier molecular flexibility index (Phi) is 5.32. The minimum atomic E-state index is -0.858. The number of carbonyl (C=O) groups is 2. The van der Waals surface area contributed by atoms with Gasteiger partial charge in [-0.1, -0.05) is 0 Å². The van der Waals surface area contributed by atoms with Crippen molar-refractivity contribution in [1.29, 1.82) is 0 Å². The van der Waals surface area contributed by atoms with Gasteiger partial charge < -0.3 is 19.7 Å². The largest absolute Gasteiger partial charge is 0.493 e. The number of nitrogens with zero attached hydrogens (tertiary/aromatic N) is 1. The van der Waals surface area contributed by atoms with Crippen LogP contribution >= 0.6 is 0 Å². The second kappa shape index (κ2) is 7.93. The normalized spacial score (nSPS) is 20.3. The highest BCUT2D eigenvalue weighted by Gasteiger charge is 2.45. The molecule has 0 radical (unpaired) electrons. The number of ether oxygens (including phenoxy) is 2. The number of hydrogen-bond donors (Lipinski definition) is 1. The molecule has 2 aromatic carbocycles. The van der Waals surface area contributed by atoms with Gasteiger partial charge in [0.25, 0.3) is 5.91 Å². The molecule has 0 unspecified atom stereocenters. The second-order valence-corrected chi connectivity index (χ2v) is 7.45. The lowest BCUT2D eigenvalue weighted by atomic mass is 9.78. The molecule has 0 saturated carbocycles. The highest BCUT2D eigenvalue weighted by Crippen LogP contribution is 2.43. The maximum absolute atomic E-state index is 14.1. The van der Waals surface area contributed by atoms with E-state index >= 15 is 0 Å². The third-order valence-electron chi connectivity index (χ3n) is 5.79. The van der Waals surface area contributed by atoms with Crippen molar-refractivity contribution in [2.45, 2.75) is 31.2 Å². The van der Waals surface area contributed by atoms with Crippen LogP contribution in [0.5, 0.6) is 11.5 Å². The standard InChI is InChI=1S/C22H22F2N2O4/c1-29-18-10-13-14(11-19(18)30-2)22(28)26-8-4-3-5-17(26)20(13)21(27)25-16-7-6-12(23)9-15(16)24/h6-7,9-11,17,20H,3-5,8H2,1-2H3,(H,25,27)/t17-,20+/m0/s1. The van der Waals surface area contributed by atoms with Gasteiger partial charge in [0.1, 0.15) is 11.6 Å². The molecule has 1 fully saturated rings. The molecular weight excluding hydrogens is 394 g/mol. The first-order valence-electron chi connectivity index (χ1n) is 9.77. The minimum Gasteiger partial charge on any atom is -0.493 e. The maximum Gasteiger partial charge on any atom is 0.254 e. The lowest BCUT2D eigenvalue weighted by molar-refractivity contribution is -0.119. The molecule has 30 heavy (non-hydrogen) atoms. The molecule has 2 aliphatic rings. The van der Waals surface area contributed by atoms with Crippen molar-refractivity contribution < 1.29 is 27.8 Å². The first-order chi connectivity index (χ1) is 14.4. The fraction of sp³-hybridized carbons (Fsp3) is 0.364. The van der Waals surface area contributed by atoms with E-state index in [1.165, 1.54) is 20.3 Å². The molecule has 2 amide bonds. The number of hydrogen-bond acceptors (Lipinski definition) is 4. The quantitative estimate of drug-likeness (QED) is 0.825. The Morgan fingerprint density at radius 2 is 1.83 bits per heavy atom. The number of rotatable bonds is 4. The molecule has 1 saturated heterocycles. The number of benzene rings is 2. The van der Waals surface area contributed by atoms with Gasteiger partial charge in [-0.05, 0) is 49.1 Å². The summed E-state index contributed by atoms with van der Waals surface area (Å²) in [5, 5.41) is 2.57. The number of nitrogens with one attached hydrogen (secondary N) is 1. The molecule has 0 spiro atoms. The lowest BCUT2D eigenvalue weighted by Gasteiger charge is -2.44. The van der Waals surface area contributed by atoms with E-state index in [0.717, 1.165) is 25.0 Å². The Labute approximate surface area is 172 Å². The van der Waals surface area contributed by atoms with Crippen LogP contribution in [0.15, 0.2) is 30.3 Å². The van der Waals surface area contributed by atoms with E-state index in [-0.39, 0.29) is 17.6 Å². The van der Waals surface area contributed by atoms with E-state index in [1.54, 1.807) is 17.0 Å². The van der Waals surface area contributed by atoms with E-state index < -0.39 is 23.5 Å². The first-order valence-corrected chi connectivity index (χ1v) is 9.77. The van der Waals surface area contributed by atoms with Crippen molar-refractivity contribution in [2.75, 3.05) is 26.1 Å². The minimum absolute atomic E-state index is 0.109. The van der Waals surface area contributed by atoms with Crippen molar-refractivity contribution in [3.8, 4) is 11.5 Å². The predicted octanol–water partition coefficient (Wildman–Crippen LogP) is 3.71. The Bertz CT molecular complexity index is 1010. The summed E-state index contributed by atoms with van der Waals surface area (Å²) in [4.78, 5) is 28.1. The zero-order valence-electron chi connectivity index (χ0n) is 16.7. The van der Waals surface area contributed by atoms with E-state index in [9.17, 15) is 18.4 Å². The number of methoxy groups -OCH3 is 2. The van der Waals surface area contributed by atoms with Gasteiger partial charge in [-0.3, -0.25) is 9.59 Å². The van der Waals surface area contributed by atoms with Crippen LogP contribution < -0.4 is 14.8 Å². The maximum atomic E-state index is 14.1. The van der Waals surface area contributed by atoms with E-state index in [4.69, 9.17) is 9.47 Å². The molecule has 0 bridgehead atoms. The van der Waals surface area contributed by atoms with Crippen molar-refractivity contribution in [3.05, 3.63) is 53.1 Å². The molecule has 6 nitrogen and oxygen atoms in total. The second-order valence-electron chi connectivity index (χ2n) is 7.45. The Hall–Kier alpha value is -3.16. The van der Waals surface area contributed by atoms with Crippen molar-refractivity contribution in [3.63, 3.8) is 0 Å². The van der Waals surface area contributed by atoms with Crippen LogP contribution in [-0.2, 0) is 4.79 Å². The summed E-state index contributed by atoms with van der Waals surface area (Å²) in [7, 11) is 2.95. The molecule has 2 aromatic rings. The lowest BCUT2D eigenvalue weighted by Crippen LogP contribution is -2.53. The van der Waals surface area contributed by atoms with E-state index in [2.05, 4.69) is 5.32 Å². The third-order valence-corrected chi connectivity index (χ3v) is 5.79. The zero-order valence-corrected chi connectivity index (χ0v) is 16.7. The number of piperidine rings is 1. The molecule has 2 aliphatic heterocycles. The van der Waals surface area contributed by atoms with Gasteiger partial charge in [0.15, 0.2) is 11.5 Å². The van der Waals surface area contributed by atoms with Crippen LogP contribution in [0.2, 0.25) is 0 Å². The fourth-order valence-electron chi connectivity index (χ4n) is 4.37. The van der Waals surface area contributed by atoms with Crippen LogP contribution in [0.1, 0.15) is 41.1 Å². The molecule has 0 aliphatic carbocycles. The predicted molar refractivity (Wildman–Crippen MR) is 106 cm³/mol. The van der Waals surface area contributed by atoms with Gasteiger partial charge >= 0.3 is 0 Å². The summed E-state index contributed by atoms with van der Waals surface area (Å²) < 4.78 is 38.1. The van der Waals surface area contributed by atoms with Crippen molar-refractivity contribution >= 4 is 17.5 Å². The molecule has 2 heterocycles. The smallest absolute Gasteiger partial charge is 0.254 e. The number of amides is 2. The molecule has 2 atom stereocenters. The molecule has 158 valence electrons. The molecule has 0 aromatic heterocycles. The summed E-state index contributed by atoms with van der Waals surface area (Å²) in [6.07, 6.45) is 2.39. The van der Waals surface area contributed by atoms with E-state index in [1.807, 2.05) is 0 Å². The van der Waals surface area contributed by atoms with Gasteiger partial charge in [0.2, 0.25) is 5.91 Å². The number of fused-ring (bicyclic) bond motifs is 2. The third kappa shape index (κ3) is 3.36. The van der Waals surface area contributed by atoms with Crippen LogP contribution in [0.25, 0.3) is 0 Å². The van der Waals surface area contributed by atoms with Gasteiger partial charge in [0, 0.05) is 24.2 Å². The van der Waals surface area contributed by atoms with Crippen LogP contribution in [0, 0.1) is 11.6 Å². The highest BCUT2D eigenvalue weighted by molar-refractivity contribution is 6.05. The summed E-state index contributed by atoms with van der Waals surface area (Å²) in [5.74, 6) is -2.13. The zero-order chi connectivity index (χ0) is 21.4. The Morgan fingerprint density at radius 1 is 1.10 bits per heavy atom. The molecule has 4 rings (SSSR count). The number of halogens is 2. The van der Waals surface area contributed by atoms with Crippen LogP contribution in [0.3, 0.4) is 0 Å². The molecule has 8 heteroatoms. The van der Waals surface area contributed by atoms with E-state index in [0.29, 0.717) is 35.6 Å². The van der Waals surface area contributed by atoms with Crippen molar-refractivity contribution in [2.24, 2.45) is 0 Å². The highest BCUT2D eigenvalue weighted by atomic mass is 19.1. The van der Waals surface area contributed by atoms with Gasteiger partial charge in [-0.15, -0.1) is 0 Å². The monoisotopic (exact) mass is 416 g/mol. The summed E-state index contributed by atoms with van der Waals surface area (Å²) >= 11 is 0. The van der Waals surface area contributed by atoms with Gasteiger partial charge in [-0.2, -0.15) is 0 Å². The average Bonchev–Trinajstić information content (AvgIpc) is 2.75. The Morgan fingerprint density at radius 3 is 2.53 bits per heavy atom. The van der Waals surface area contributed by atoms with Gasteiger partial charge in [0.05, 0.1) is 25.8 Å². The van der Waals surface area contributed by atoms with Gasteiger partial charge in [-0.25, -0.2) is 8.78 Å². The average molecular weight is 416 g/mol.